The Morgan fingerprint density at radius 3 is 2.21 bits per heavy atom. The molecule has 0 saturated carbocycles. The summed E-state index contributed by atoms with van der Waals surface area (Å²) in [6, 6.07) is -0.792. The zero-order valence-corrected chi connectivity index (χ0v) is 10.9. The molecule has 112 valence electrons. The Kier molecular flexibility index (Phi) is 7.25. The van der Waals surface area contributed by atoms with Crippen LogP contribution in [-0.4, -0.2) is 36.4 Å². The van der Waals surface area contributed by atoms with Gasteiger partial charge in [-0.1, -0.05) is 13.8 Å². The molecule has 0 aliphatic carbocycles. The highest BCUT2D eigenvalue weighted by Crippen LogP contribution is 2.18. The number of hydrogen-bond acceptors (Lipinski definition) is 2. The Bertz CT molecular complexity index is 306. The van der Waals surface area contributed by atoms with E-state index >= 15 is 0 Å². The lowest BCUT2D eigenvalue weighted by Gasteiger charge is -2.16. The summed E-state index contributed by atoms with van der Waals surface area (Å²) in [5.74, 6) is -1.63. The van der Waals surface area contributed by atoms with Crippen LogP contribution in [0.25, 0.3) is 0 Å². The summed E-state index contributed by atoms with van der Waals surface area (Å²) in [4.78, 5) is 22.0. The lowest BCUT2D eigenvalue weighted by molar-refractivity contribution is -0.142. The zero-order chi connectivity index (χ0) is 15.1. The van der Waals surface area contributed by atoms with Crippen molar-refractivity contribution >= 4 is 12.0 Å². The molecule has 0 fully saturated rings. The molecule has 1 atom stereocenters. The molecular formula is C11H19F3N2O3. The molecule has 1 unspecified atom stereocenters. The van der Waals surface area contributed by atoms with Gasteiger partial charge >= 0.3 is 18.2 Å². The Hall–Kier alpha value is -1.47. The average Bonchev–Trinajstić information content (AvgIpc) is 2.21. The number of alkyl halides is 3. The molecule has 0 aliphatic rings. The van der Waals surface area contributed by atoms with Gasteiger partial charge in [-0.2, -0.15) is 13.2 Å². The number of nitrogens with one attached hydrogen (secondary N) is 2. The van der Waals surface area contributed by atoms with Gasteiger partial charge in [-0.25, -0.2) is 4.79 Å². The molecule has 0 aromatic rings. The summed E-state index contributed by atoms with van der Waals surface area (Å²) in [6.45, 7) is 3.06. The van der Waals surface area contributed by atoms with Gasteiger partial charge in [-0.05, 0) is 12.3 Å². The molecular weight excluding hydrogens is 265 g/mol. The van der Waals surface area contributed by atoms with Gasteiger partial charge in [-0.15, -0.1) is 0 Å². The first-order valence-electron chi connectivity index (χ1n) is 5.93. The second kappa shape index (κ2) is 7.85. The van der Waals surface area contributed by atoms with Crippen LogP contribution in [0, 0.1) is 11.8 Å². The summed E-state index contributed by atoms with van der Waals surface area (Å²) in [6.07, 6.45) is -5.05. The fourth-order valence-electron chi connectivity index (χ4n) is 1.44. The van der Waals surface area contributed by atoms with E-state index in [9.17, 15) is 22.8 Å². The van der Waals surface area contributed by atoms with Crippen molar-refractivity contribution in [3.05, 3.63) is 0 Å². The van der Waals surface area contributed by atoms with Crippen molar-refractivity contribution < 1.29 is 27.9 Å². The Labute approximate surface area is 109 Å². The van der Waals surface area contributed by atoms with Crippen molar-refractivity contribution in [1.29, 1.82) is 0 Å². The van der Waals surface area contributed by atoms with Gasteiger partial charge in [0.25, 0.3) is 0 Å². The van der Waals surface area contributed by atoms with Gasteiger partial charge in [0.1, 0.15) is 0 Å². The van der Waals surface area contributed by atoms with E-state index in [1.807, 2.05) is 19.2 Å². The van der Waals surface area contributed by atoms with Gasteiger partial charge in [0, 0.05) is 13.1 Å². The Morgan fingerprint density at radius 2 is 1.79 bits per heavy atom. The molecule has 3 N–H and O–H groups in total. The summed E-state index contributed by atoms with van der Waals surface area (Å²) < 4.78 is 35.5. The lowest BCUT2D eigenvalue weighted by atomic mass is 9.97. The molecule has 0 saturated heterocycles. The Morgan fingerprint density at radius 1 is 1.21 bits per heavy atom. The van der Waals surface area contributed by atoms with E-state index < -0.39 is 37.1 Å². The summed E-state index contributed by atoms with van der Waals surface area (Å²) in [5, 5.41) is 13.2. The maximum Gasteiger partial charge on any atom is 0.390 e. The number of carbonyl (C=O) groups excluding carboxylic acids is 1. The molecule has 0 spiro atoms. The van der Waals surface area contributed by atoms with Crippen LogP contribution in [0.5, 0.6) is 0 Å². The Balaban J connectivity index is 3.95. The number of carboxylic acid groups (broad SMARTS) is 1. The molecule has 19 heavy (non-hydrogen) atoms. The monoisotopic (exact) mass is 284 g/mol. The zero-order valence-electron chi connectivity index (χ0n) is 10.9. The van der Waals surface area contributed by atoms with Crippen molar-refractivity contribution in [2.45, 2.75) is 32.9 Å². The third-order valence-corrected chi connectivity index (χ3v) is 2.31. The van der Waals surface area contributed by atoms with Crippen LogP contribution < -0.4 is 10.6 Å². The quantitative estimate of drug-likeness (QED) is 0.669. The van der Waals surface area contributed by atoms with Crippen molar-refractivity contribution in [2.24, 2.45) is 11.8 Å². The largest absolute Gasteiger partial charge is 0.481 e. The number of hydrogen-bond donors (Lipinski definition) is 3. The number of rotatable bonds is 7. The van der Waals surface area contributed by atoms with Crippen LogP contribution in [0.15, 0.2) is 0 Å². The van der Waals surface area contributed by atoms with Crippen molar-refractivity contribution in [3.63, 3.8) is 0 Å². The predicted octanol–water partition coefficient (Wildman–Crippen LogP) is 1.98. The number of aliphatic carboxylic acids is 1. The molecule has 5 nitrogen and oxygen atoms in total. The van der Waals surface area contributed by atoms with E-state index in [2.05, 4.69) is 5.32 Å². The van der Waals surface area contributed by atoms with Crippen molar-refractivity contribution in [1.82, 2.24) is 10.6 Å². The number of urea groups is 1. The topological polar surface area (TPSA) is 78.4 Å². The van der Waals surface area contributed by atoms with Crippen LogP contribution >= 0.6 is 0 Å². The molecule has 0 aromatic heterocycles. The molecule has 0 heterocycles. The van der Waals surface area contributed by atoms with E-state index in [1.165, 1.54) is 0 Å². The first-order chi connectivity index (χ1) is 8.61. The predicted molar refractivity (Wildman–Crippen MR) is 62.7 cm³/mol. The minimum atomic E-state index is -4.32. The molecule has 0 aliphatic heterocycles. The highest BCUT2D eigenvalue weighted by molar-refractivity contribution is 5.75. The smallest absolute Gasteiger partial charge is 0.390 e. The fraction of sp³-hybridized carbons (Fsp3) is 0.818. The molecule has 0 radical (unpaired) electrons. The average molecular weight is 284 g/mol. The van der Waals surface area contributed by atoms with Crippen LogP contribution in [0.3, 0.4) is 0 Å². The van der Waals surface area contributed by atoms with Crippen LogP contribution in [0.2, 0.25) is 0 Å². The number of halogens is 3. The molecule has 2 amide bonds. The number of carbonyl (C=O) groups is 2. The van der Waals surface area contributed by atoms with Crippen molar-refractivity contribution in [2.75, 3.05) is 13.1 Å². The molecule has 0 rings (SSSR count). The highest BCUT2D eigenvalue weighted by atomic mass is 19.4. The fourth-order valence-corrected chi connectivity index (χ4v) is 1.44. The van der Waals surface area contributed by atoms with E-state index in [0.717, 1.165) is 0 Å². The second-order valence-corrected chi connectivity index (χ2v) is 4.67. The van der Waals surface area contributed by atoms with Gasteiger partial charge in [-0.3, -0.25) is 4.79 Å². The van der Waals surface area contributed by atoms with Crippen molar-refractivity contribution in [3.8, 4) is 0 Å². The highest BCUT2D eigenvalue weighted by Gasteiger charge is 2.26. The first kappa shape index (κ1) is 17.5. The number of carboxylic acids is 1. The van der Waals surface area contributed by atoms with Gasteiger partial charge in [0.15, 0.2) is 0 Å². The molecule has 0 aromatic carbocycles. The maximum absolute atomic E-state index is 11.8. The van der Waals surface area contributed by atoms with Crippen LogP contribution in [0.4, 0.5) is 18.0 Å². The van der Waals surface area contributed by atoms with E-state index in [4.69, 9.17) is 5.11 Å². The van der Waals surface area contributed by atoms with E-state index in [-0.39, 0.29) is 12.5 Å². The van der Waals surface area contributed by atoms with E-state index in [1.54, 1.807) is 0 Å². The minimum absolute atomic E-state index is 0.106. The van der Waals surface area contributed by atoms with Crippen LogP contribution in [-0.2, 0) is 4.79 Å². The summed E-state index contributed by atoms with van der Waals surface area (Å²) in [7, 11) is 0. The molecule has 8 heteroatoms. The third-order valence-electron chi connectivity index (χ3n) is 2.31. The second-order valence-electron chi connectivity index (χ2n) is 4.67. The van der Waals surface area contributed by atoms with Gasteiger partial charge in [0.05, 0.1) is 12.3 Å². The molecule has 0 bridgehead atoms. The minimum Gasteiger partial charge on any atom is -0.481 e. The standard InChI is InChI=1S/C11H19F3N2O3/c1-7(2)5-8(9(17)18)6-16-10(19)15-4-3-11(12,13)14/h7-8H,3-6H2,1-2H3,(H,17,18)(H2,15,16,19). The first-order valence-corrected chi connectivity index (χ1v) is 5.93. The number of amides is 2. The maximum atomic E-state index is 11.8. The van der Waals surface area contributed by atoms with Crippen LogP contribution in [0.1, 0.15) is 26.7 Å². The third kappa shape index (κ3) is 10.2. The SMILES string of the molecule is CC(C)CC(CNC(=O)NCCC(F)(F)F)C(=O)O. The van der Waals surface area contributed by atoms with E-state index in [0.29, 0.717) is 6.42 Å². The van der Waals surface area contributed by atoms with Gasteiger partial charge < -0.3 is 15.7 Å². The normalized spacial score (nSPS) is 13.2. The lowest BCUT2D eigenvalue weighted by Crippen LogP contribution is -2.41. The summed E-state index contributed by atoms with van der Waals surface area (Å²) >= 11 is 0. The summed E-state index contributed by atoms with van der Waals surface area (Å²) in [5.41, 5.74) is 0. The van der Waals surface area contributed by atoms with Gasteiger partial charge in [0.2, 0.25) is 0 Å².